The van der Waals surface area contributed by atoms with Crippen LogP contribution in [-0.2, 0) is 20.7 Å². The third-order valence-corrected chi connectivity index (χ3v) is 8.08. The van der Waals surface area contributed by atoms with Gasteiger partial charge in [-0.25, -0.2) is 4.79 Å². The van der Waals surface area contributed by atoms with Gasteiger partial charge in [-0.15, -0.1) is 0 Å². The number of anilines is 1. The summed E-state index contributed by atoms with van der Waals surface area (Å²) in [6.45, 7) is 19.1. The predicted octanol–water partition coefficient (Wildman–Crippen LogP) is 7.75. The van der Waals surface area contributed by atoms with Crippen LogP contribution in [0, 0.1) is 27.7 Å². The summed E-state index contributed by atoms with van der Waals surface area (Å²) < 4.78 is 5.58. The van der Waals surface area contributed by atoms with Gasteiger partial charge in [-0.1, -0.05) is 73.7 Å². The molecular formula is C37H49N3O4. The molecule has 0 radical (unpaired) electrons. The molecular weight excluding hydrogens is 550 g/mol. The van der Waals surface area contributed by atoms with Gasteiger partial charge in [-0.2, -0.15) is 0 Å². The van der Waals surface area contributed by atoms with Crippen molar-refractivity contribution in [2.75, 3.05) is 5.32 Å². The number of carbonyl (C=O) groups is 3. The molecule has 0 saturated heterocycles. The van der Waals surface area contributed by atoms with Gasteiger partial charge in [0.2, 0.25) is 5.91 Å². The van der Waals surface area contributed by atoms with Crippen LogP contribution in [0.5, 0.6) is 0 Å². The number of nitrogens with one attached hydrogen (secondary N) is 2. The second-order valence-electron chi connectivity index (χ2n) is 13.2. The summed E-state index contributed by atoms with van der Waals surface area (Å²) in [5.74, 6) is -0.679. The first-order valence-electron chi connectivity index (χ1n) is 15.4. The molecule has 0 aliphatic heterocycles. The molecule has 0 spiro atoms. The third-order valence-electron chi connectivity index (χ3n) is 8.08. The minimum atomic E-state index is -0.988. The Morgan fingerprint density at radius 2 is 1.30 bits per heavy atom. The smallest absolute Gasteiger partial charge is 0.408 e. The molecule has 7 heteroatoms. The van der Waals surface area contributed by atoms with E-state index in [-0.39, 0.29) is 18.2 Å². The van der Waals surface area contributed by atoms with Crippen LogP contribution in [-0.4, -0.2) is 40.0 Å². The molecule has 3 aromatic rings. The first-order chi connectivity index (χ1) is 20.6. The molecule has 7 nitrogen and oxygen atoms in total. The van der Waals surface area contributed by atoms with Gasteiger partial charge in [0.15, 0.2) is 0 Å². The van der Waals surface area contributed by atoms with Gasteiger partial charge in [-0.05, 0) is 102 Å². The van der Waals surface area contributed by atoms with E-state index in [0.717, 1.165) is 39.1 Å². The van der Waals surface area contributed by atoms with E-state index in [1.54, 1.807) is 25.7 Å². The van der Waals surface area contributed by atoms with E-state index in [2.05, 4.69) is 10.6 Å². The summed E-state index contributed by atoms with van der Waals surface area (Å²) in [7, 11) is 0. The fourth-order valence-electron chi connectivity index (χ4n) is 5.45. The van der Waals surface area contributed by atoms with E-state index in [1.165, 1.54) is 0 Å². The van der Waals surface area contributed by atoms with Crippen LogP contribution in [0.3, 0.4) is 0 Å². The van der Waals surface area contributed by atoms with Crippen LogP contribution in [0.4, 0.5) is 10.5 Å². The molecule has 3 aromatic carbocycles. The standard InChI is InChI=1S/C37H49N3O4/c1-11-37(9,10)40(34(42)29(23-28-21-13-12-14-22-28)38-35(43)44-36(6,7)8)32(30-24(2)17-15-18-25(30)3)33(41)39-31-26(4)19-16-20-27(31)5/h12-22,29,32H,11,23H2,1-10H3,(H,38,43)(H,39,41). The summed E-state index contributed by atoms with van der Waals surface area (Å²) >= 11 is 0. The van der Waals surface area contributed by atoms with Crippen molar-refractivity contribution in [3.8, 4) is 0 Å². The van der Waals surface area contributed by atoms with E-state index in [1.807, 2.05) is 115 Å². The number of carbonyl (C=O) groups excluding carboxylic acids is 3. The summed E-state index contributed by atoms with van der Waals surface area (Å²) in [4.78, 5) is 44.4. The molecule has 236 valence electrons. The first-order valence-corrected chi connectivity index (χ1v) is 15.4. The Morgan fingerprint density at radius 1 is 0.773 bits per heavy atom. The molecule has 3 amide bonds. The maximum atomic E-state index is 15.0. The van der Waals surface area contributed by atoms with Gasteiger partial charge in [0.05, 0.1) is 0 Å². The quantitative estimate of drug-likeness (QED) is 0.249. The van der Waals surface area contributed by atoms with Crippen molar-refractivity contribution in [3.05, 3.63) is 100 Å². The number of hydrogen-bond acceptors (Lipinski definition) is 4. The highest BCUT2D eigenvalue weighted by molar-refractivity contribution is 6.00. The second-order valence-corrected chi connectivity index (χ2v) is 13.2. The number of benzene rings is 3. The van der Waals surface area contributed by atoms with Gasteiger partial charge in [0.25, 0.3) is 5.91 Å². The van der Waals surface area contributed by atoms with Crippen LogP contribution in [0.25, 0.3) is 0 Å². The summed E-state index contributed by atoms with van der Waals surface area (Å²) in [5, 5.41) is 6.04. The monoisotopic (exact) mass is 599 g/mol. The minimum absolute atomic E-state index is 0.229. The van der Waals surface area contributed by atoms with Gasteiger partial charge >= 0.3 is 6.09 Å². The summed E-state index contributed by atoms with van der Waals surface area (Å²) in [6.07, 6.45) is 0.110. The fraction of sp³-hybridized carbons (Fsp3) is 0.432. The number of alkyl carbamates (subject to hydrolysis) is 1. The normalized spacial score (nSPS) is 13.0. The van der Waals surface area contributed by atoms with Crippen molar-refractivity contribution < 1.29 is 19.1 Å². The third kappa shape index (κ3) is 8.49. The highest BCUT2D eigenvalue weighted by atomic mass is 16.6. The highest BCUT2D eigenvalue weighted by Crippen LogP contribution is 2.36. The molecule has 0 bridgehead atoms. The molecule has 0 saturated carbocycles. The Kier molecular flexibility index (Phi) is 11.0. The fourth-order valence-corrected chi connectivity index (χ4v) is 5.45. The number of rotatable bonds is 10. The zero-order valence-corrected chi connectivity index (χ0v) is 28.0. The number of hydrogen-bond donors (Lipinski definition) is 2. The molecule has 0 aromatic heterocycles. The Labute approximate surface area is 263 Å². The van der Waals surface area contributed by atoms with Crippen molar-refractivity contribution in [3.63, 3.8) is 0 Å². The molecule has 3 rings (SSSR count). The average molecular weight is 600 g/mol. The number of ether oxygens (including phenoxy) is 1. The Hall–Kier alpha value is -4.13. The zero-order valence-electron chi connectivity index (χ0n) is 28.0. The SMILES string of the molecule is CCC(C)(C)N(C(=O)C(Cc1ccccc1)NC(=O)OC(C)(C)C)C(C(=O)Nc1c(C)cccc1C)c1c(C)cccc1C. The minimum Gasteiger partial charge on any atom is -0.444 e. The number of aryl methyl sites for hydroxylation is 4. The Bertz CT molecular complexity index is 1430. The van der Waals surface area contributed by atoms with Gasteiger partial charge in [-0.3, -0.25) is 9.59 Å². The van der Waals surface area contributed by atoms with Gasteiger partial charge in [0, 0.05) is 17.6 Å². The van der Waals surface area contributed by atoms with Crippen molar-refractivity contribution in [1.82, 2.24) is 10.2 Å². The highest BCUT2D eigenvalue weighted by Gasteiger charge is 2.44. The van der Waals surface area contributed by atoms with E-state index < -0.39 is 29.3 Å². The molecule has 0 aliphatic carbocycles. The summed E-state index contributed by atoms with van der Waals surface area (Å²) in [5.41, 5.74) is 4.51. The van der Waals surface area contributed by atoms with Crippen molar-refractivity contribution in [2.24, 2.45) is 0 Å². The lowest BCUT2D eigenvalue weighted by atomic mass is 9.87. The van der Waals surface area contributed by atoms with E-state index in [0.29, 0.717) is 6.42 Å². The molecule has 0 heterocycles. The lowest BCUT2D eigenvalue weighted by molar-refractivity contribution is -0.147. The largest absolute Gasteiger partial charge is 0.444 e. The first kappa shape index (κ1) is 34.4. The predicted molar refractivity (Wildman–Crippen MR) is 178 cm³/mol. The second kappa shape index (κ2) is 14.1. The Morgan fingerprint density at radius 3 is 1.80 bits per heavy atom. The maximum Gasteiger partial charge on any atom is 0.408 e. The summed E-state index contributed by atoms with van der Waals surface area (Å²) in [6, 6.07) is 19.3. The number of nitrogens with zero attached hydrogens (tertiary/aromatic N) is 1. The Balaban J connectivity index is 2.22. The van der Waals surface area contributed by atoms with Crippen LogP contribution < -0.4 is 10.6 Å². The van der Waals surface area contributed by atoms with E-state index in [9.17, 15) is 14.4 Å². The van der Waals surface area contributed by atoms with Crippen molar-refractivity contribution in [2.45, 2.75) is 105 Å². The maximum absolute atomic E-state index is 15.0. The molecule has 0 fully saturated rings. The van der Waals surface area contributed by atoms with E-state index in [4.69, 9.17) is 4.74 Å². The lowest BCUT2D eigenvalue weighted by Gasteiger charge is -2.45. The molecule has 0 aliphatic rings. The molecule has 2 atom stereocenters. The van der Waals surface area contributed by atoms with Gasteiger partial charge < -0.3 is 20.3 Å². The van der Waals surface area contributed by atoms with Crippen LogP contribution in [0.1, 0.15) is 87.4 Å². The van der Waals surface area contributed by atoms with Crippen molar-refractivity contribution in [1.29, 1.82) is 0 Å². The zero-order chi connectivity index (χ0) is 32.8. The number of amides is 3. The van der Waals surface area contributed by atoms with Crippen LogP contribution >= 0.6 is 0 Å². The topological polar surface area (TPSA) is 87.7 Å². The van der Waals surface area contributed by atoms with Crippen LogP contribution in [0.2, 0.25) is 0 Å². The number of para-hydroxylation sites is 1. The molecule has 2 N–H and O–H groups in total. The van der Waals surface area contributed by atoms with Crippen LogP contribution in [0.15, 0.2) is 66.7 Å². The molecule has 44 heavy (non-hydrogen) atoms. The average Bonchev–Trinajstić information content (AvgIpc) is 2.93. The van der Waals surface area contributed by atoms with Crippen molar-refractivity contribution >= 4 is 23.6 Å². The molecule has 2 unspecified atom stereocenters. The lowest BCUT2D eigenvalue weighted by Crippen LogP contribution is -2.59. The van der Waals surface area contributed by atoms with E-state index >= 15 is 0 Å². The van der Waals surface area contributed by atoms with Gasteiger partial charge in [0.1, 0.15) is 17.7 Å².